The summed E-state index contributed by atoms with van der Waals surface area (Å²) >= 11 is 0. The van der Waals surface area contributed by atoms with Crippen molar-refractivity contribution in [3.63, 3.8) is 0 Å². The van der Waals surface area contributed by atoms with E-state index in [0.29, 0.717) is 12.4 Å². The Morgan fingerprint density at radius 1 is 1.32 bits per heavy atom. The molecule has 2 aromatic rings. The average molecular weight is 343 g/mol. The van der Waals surface area contributed by atoms with Crippen molar-refractivity contribution >= 4 is 11.8 Å². The van der Waals surface area contributed by atoms with Gasteiger partial charge in [-0.1, -0.05) is 0 Å². The zero-order valence-corrected chi connectivity index (χ0v) is 14.8. The number of amides is 2. The molecule has 0 saturated carbocycles. The number of carbonyl (C=O) groups excluding carboxylic acids is 1. The molecule has 1 atom stereocenters. The summed E-state index contributed by atoms with van der Waals surface area (Å²) in [6, 6.07) is 3.54. The maximum atomic E-state index is 12.1. The minimum absolute atomic E-state index is 0.214. The van der Waals surface area contributed by atoms with E-state index in [4.69, 9.17) is 0 Å². The maximum Gasteiger partial charge on any atom is 0.315 e. The average Bonchev–Trinajstić information content (AvgIpc) is 3.07. The molecular weight excluding hydrogens is 318 g/mol. The predicted molar refractivity (Wildman–Crippen MR) is 95.1 cm³/mol. The van der Waals surface area contributed by atoms with Crippen LogP contribution in [0.3, 0.4) is 0 Å². The second-order valence-electron chi connectivity index (χ2n) is 6.42. The number of anilines is 1. The third kappa shape index (κ3) is 4.46. The Kier molecular flexibility index (Phi) is 5.47. The van der Waals surface area contributed by atoms with E-state index < -0.39 is 0 Å². The minimum Gasteiger partial charge on any atom is -0.357 e. The summed E-state index contributed by atoms with van der Waals surface area (Å²) < 4.78 is 1.79. The SMILES string of the molecule is C[C@H](NC(=O)NCc1ccnc(N2CCCCC2)c1)c1nncn1C. The normalized spacial score (nSPS) is 15.7. The van der Waals surface area contributed by atoms with E-state index in [1.165, 1.54) is 19.3 Å². The molecule has 0 radical (unpaired) electrons. The fraction of sp³-hybridized carbons (Fsp3) is 0.529. The van der Waals surface area contributed by atoms with Crippen molar-refractivity contribution in [1.82, 2.24) is 30.4 Å². The van der Waals surface area contributed by atoms with Gasteiger partial charge in [0.1, 0.15) is 12.1 Å². The Morgan fingerprint density at radius 2 is 2.12 bits per heavy atom. The van der Waals surface area contributed by atoms with E-state index in [0.717, 1.165) is 24.5 Å². The second kappa shape index (κ2) is 7.96. The highest BCUT2D eigenvalue weighted by atomic mass is 16.2. The Hall–Kier alpha value is -2.64. The Bertz CT molecular complexity index is 709. The summed E-state index contributed by atoms with van der Waals surface area (Å²) in [7, 11) is 1.85. The number of urea groups is 1. The molecule has 1 saturated heterocycles. The number of nitrogens with zero attached hydrogens (tertiary/aromatic N) is 5. The number of aromatic nitrogens is 4. The molecule has 1 fully saturated rings. The Labute approximate surface area is 147 Å². The number of piperidine rings is 1. The van der Waals surface area contributed by atoms with Gasteiger partial charge in [0.25, 0.3) is 0 Å². The van der Waals surface area contributed by atoms with E-state index in [2.05, 4.69) is 36.8 Å². The molecule has 2 N–H and O–H groups in total. The first kappa shape index (κ1) is 17.2. The molecule has 0 unspecified atom stereocenters. The Morgan fingerprint density at radius 3 is 2.84 bits per heavy atom. The largest absolute Gasteiger partial charge is 0.357 e. The van der Waals surface area contributed by atoms with Gasteiger partial charge in [-0.15, -0.1) is 10.2 Å². The monoisotopic (exact) mass is 343 g/mol. The number of rotatable bonds is 5. The Balaban J connectivity index is 1.52. The summed E-state index contributed by atoms with van der Waals surface area (Å²) in [5.74, 6) is 1.71. The summed E-state index contributed by atoms with van der Waals surface area (Å²) in [5, 5.41) is 13.6. The van der Waals surface area contributed by atoms with Crippen molar-refractivity contribution in [2.24, 2.45) is 7.05 Å². The van der Waals surface area contributed by atoms with Crippen LogP contribution >= 0.6 is 0 Å². The molecule has 2 amide bonds. The number of nitrogens with one attached hydrogen (secondary N) is 2. The summed E-state index contributed by atoms with van der Waals surface area (Å²) in [6.45, 7) is 4.45. The lowest BCUT2D eigenvalue weighted by Crippen LogP contribution is -2.37. The van der Waals surface area contributed by atoms with Crippen LogP contribution < -0.4 is 15.5 Å². The van der Waals surface area contributed by atoms with Gasteiger partial charge in [0, 0.05) is 32.9 Å². The number of carbonyl (C=O) groups is 1. The lowest BCUT2D eigenvalue weighted by molar-refractivity contribution is 0.237. The van der Waals surface area contributed by atoms with E-state index in [9.17, 15) is 4.79 Å². The molecule has 3 rings (SSSR count). The molecule has 3 heterocycles. The minimum atomic E-state index is -0.230. The van der Waals surface area contributed by atoms with Gasteiger partial charge in [-0.2, -0.15) is 0 Å². The molecule has 0 spiro atoms. The molecule has 0 aliphatic carbocycles. The van der Waals surface area contributed by atoms with Gasteiger partial charge in [0.2, 0.25) is 0 Å². The molecule has 0 aromatic carbocycles. The highest BCUT2D eigenvalue weighted by Crippen LogP contribution is 2.18. The maximum absolute atomic E-state index is 12.1. The highest BCUT2D eigenvalue weighted by Gasteiger charge is 2.15. The zero-order chi connectivity index (χ0) is 17.6. The van der Waals surface area contributed by atoms with Gasteiger partial charge in [-0.05, 0) is 43.9 Å². The van der Waals surface area contributed by atoms with Gasteiger partial charge < -0.3 is 20.1 Å². The molecular formula is C17H25N7O. The van der Waals surface area contributed by atoms with Gasteiger partial charge in [-0.25, -0.2) is 9.78 Å². The van der Waals surface area contributed by atoms with E-state index in [1.807, 2.05) is 20.0 Å². The third-order valence-corrected chi connectivity index (χ3v) is 4.42. The second-order valence-corrected chi connectivity index (χ2v) is 6.42. The quantitative estimate of drug-likeness (QED) is 0.864. The van der Waals surface area contributed by atoms with Crippen molar-refractivity contribution < 1.29 is 4.79 Å². The number of aryl methyl sites for hydroxylation is 1. The van der Waals surface area contributed by atoms with Crippen molar-refractivity contribution in [2.45, 2.75) is 38.8 Å². The van der Waals surface area contributed by atoms with Crippen LogP contribution in [0.1, 0.15) is 43.6 Å². The molecule has 0 bridgehead atoms. The number of hydrogen-bond acceptors (Lipinski definition) is 5. The highest BCUT2D eigenvalue weighted by molar-refractivity contribution is 5.74. The van der Waals surface area contributed by atoms with Crippen LogP contribution in [0.25, 0.3) is 0 Å². The fourth-order valence-corrected chi connectivity index (χ4v) is 3.05. The molecule has 8 nitrogen and oxygen atoms in total. The molecule has 25 heavy (non-hydrogen) atoms. The van der Waals surface area contributed by atoms with Crippen LogP contribution in [0.15, 0.2) is 24.7 Å². The van der Waals surface area contributed by atoms with Gasteiger partial charge in [-0.3, -0.25) is 0 Å². The predicted octanol–water partition coefficient (Wildman–Crippen LogP) is 1.76. The summed E-state index contributed by atoms with van der Waals surface area (Å²) in [4.78, 5) is 18.9. The van der Waals surface area contributed by atoms with Crippen LogP contribution in [0.5, 0.6) is 0 Å². The zero-order valence-electron chi connectivity index (χ0n) is 14.8. The van der Waals surface area contributed by atoms with Crippen LogP contribution in [0.2, 0.25) is 0 Å². The van der Waals surface area contributed by atoms with E-state index in [-0.39, 0.29) is 12.1 Å². The molecule has 1 aliphatic heterocycles. The lowest BCUT2D eigenvalue weighted by Gasteiger charge is -2.27. The topological polar surface area (TPSA) is 88.0 Å². The summed E-state index contributed by atoms with van der Waals surface area (Å²) in [5.41, 5.74) is 1.04. The van der Waals surface area contributed by atoms with Gasteiger partial charge >= 0.3 is 6.03 Å². The molecule has 1 aliphatic rings. The van der Waals surface area contributed by atoms with Crippen LogP contribution in [-0.2, 0) is 13.6 Å². The van der Waals surface area contributed by atoms with Crippen LogP contribution in [0.4, 0.5) is 10.6 Å². The standard InChI is InChI=1S/C17H25N7O/c1-13(16-22-20-12-23(16)2)21-17(25)19-11-14-6-7-18-15(10-14)24-8-4-3-5-9-24/h6-7,10,12-13H,3-5,8-9,11H2,1-2H3,(H2,19,21,25)/t13-/m0/s1. The third-order valence-electron chi connectivity index (χ3n) is 4.42. The van der Waals surface area contributed by atoms with E-state index in [1.54, 1.807) is 17.1 Å². The van der Waals surface area contributed by atoms with E-state index >= 15 is 0 Å². The first-order valence-electron chi connectivity index (χ1n) is 8.71. The lowest BCUT2D eigenvalue weighted by atomic mass is 10.1. The molecule has 134 valence electrons. The number of pyridine rings is 1. The molecule has 8 heteroatoms. The van der Waals surface area contributed by atoms with Crippen molar-refractivity contribution in [2.75, 3.05) is 18.0 Å². The van der Waals surface area contributed by atoms with Crippen molar-refractivity contribution in [3.05, 3.63) is 36.0 Å². The van der Waals surface area contributed by atoms with Crippen LogP contribution in [-0.4, -0.2) is 38.9 Å². The first-order valence-corrected chi connectivity index (χ1v) is 8.71. The number of hydrogen-bond donors (Lipinski definition) is 2. The smallest absolute Gasteiger partial charge is 0.315 e. The van der Waals surface area contributed by atoms with Crippen molar-refractivity contribution in [3.8, 4) is 0 Å². The van der Waals surface area contributed by atoms with Crippen LogP contribution in [0, 0.1) is 0 Å². The van der Waals surface area contributed by atoms with Gasteiger partial charge in [0.15, 0.2) is 5.82 Å². The molecule has 2 aromatic heterocycles. The van der Waals surface area contributed by atoms with Crippen molar-refractivity contribution in [1.29, 1.82) is 0 Å². The first-order chi connectivity index (χ1) is 12.1. The fourth-order valence-electron chi connectivity index (χ4n) is 3.05. The summed E-state index contributed by atoms with van der Waals surface area (Å²) in [6.07, 6.45) is 7.15. The van der Waals surface area contributed by atoms with Gasteiger partial charge in [0.05, 0.1) is 6.04 Å².